The number of rotatable bonds is 6. The smallest absolute Gasteiger partial charge is 0.239 e. The van der Waals surface area contributed by atoms with Crippen LogP contribution in [0.15, 0.2) is 28.1 Å². The van der Waals surface area contributed by atoms with Crippen molar-refractivity contribution in [1.29, 1.82) is 0 Å². The summed E-state index contributed by atoms with van der Waals surface area (Å²) in [6.07, 6.45) is 6.46. The minimum absolute atomic E-state index is 0.0361. The second-order valence-corrected chi connectivity index (χ2v) is 14.7. The van der Waals surface area contributed by atoms with Crippen LogP contribution < -0.4 is 4.72 Å². The van der Waals surface area contributed by atoms with Crippen molar-refractivity contribution in [2.24, 2.45) is 22.2 Å². The summed E-state index contributed by atoms with van der Waals surface area (Å²) in [4.78, 5) is 33.1. The fourth-order valence-electron chi connectivity index (χ4n) is 5.53. The van der Waals surface area contributed by atoms with E-state index in [0.29, 0.717) is 12.5 Å². The van der Waals surface area contributed by atoms with Crippen molar-refractivity contribution in [2.75, 3.05) is 23.3 Å². The van der Waals surface area contributed by atoms with Crippen molar-refractivity contribution in [1.82, 2.24) is 4.90 Å². The summed E-state index contributed by atoms with van der Waals surface area (Å²) in [5.74, 6) is -1.91. The van der Waals surface area contributed by atoms with Gasteiger partial charge in [-0.15, -0.1) is 0 Å². The Morgan fingerprint density at radius 1 is 1.14 bits per heavy atom. The lowest BCUT2D eigenvalue weighted by molar-refractivity contribution is -0.132. The average molecular weight is 524 g/mol. The van der Waals surface area contributed by atoms with Crippen LogP contribution in [0.4, 0.5) is 11.4 Å². The summed E-state index contributed by atoms with van der Waals surface area (Å²) in [6.45, 7) is 6.22. The van der Waals surface area contributed by atoms with E-state index in [1.807, 2.05) is 20.8 Å². The molecule has 0 radical (unpaired) electrons. The number of fused-ring (bicyclic) bond motifs is 1. The number of sulfonamides is 1. The third kappa shape index (κ3) is 5.30. The van der Waals surface area contributed by atoms with Crippen molar-refractivity contribution in [3.63, 3.8) is 0 Å². The molecule has 11 heteroatoms. The first kappa shape index (κ1) is 25.8. The van der Waals surface area contributed by atoms with E-state index in [2.05, 4.69) is 9.71 Å². The topological polar surface area (TPSA) is 130 Å². The molecule has 192 valence electrons. The number of carbonyl (C=O) groups is 2. The number of aliphatic imine (C=N–C) groups is 1. The molecule has 1 amide bonds. The van der Waals surface area contributed by atoms with Crippen LogP contribution in [0.2, 0.25) is 0 Å². The highest BCUT2D eigenvalue weighted by Gasteiger charge is 2.54. The lowest BCUT2D eigenvalue weighted by Crippen LogP contribution is -2.45. The van der Waals surface area contributed by atoms with Crippen LogP contribution in [0.3, 0.4) is 0 Å². The van der Waals surface area contributed by atoms with E-state index < -0.39 is 43.0 Å². The van der Waals surface area contributed by atoms with Crippen LogP contribution >= 0.6 is 0 Å². The fraction of sp³-hybridized carbons (Fsp3) is 0.625. The van der Waals surface area contributed by atoms with Crippen molar-refractivity contribution >= 4 is 48.6 Å². The number of hydrogen-bond donors (Lipinski definition) is 1. The van der Waals surface area contributed by atoms with Crippen molar-refractivity contribution in [3.8, 4) is 0 Å². The van der Waals surface area contributed by atoms with Gasteiger partial charge < -0.3 is 4.90 Å². The molecule has 2 atom stereocenters. The second-order valence-electron chi connectivity index (χ2n) is 11.0. The first-order valence-electron chi connectivity index (χ1n) is 11.9. The number of benzene rings is 1. The molecule has 1 aromatic rings. The standard InChI is InChI=1S/C24H33N3O6S2/c1-24(2,3)22-21(28)20(23(29)27(22)12-11-15-7-5-6-8-15)18-14-35(32,33)19-13-16(26-34(4,30)31)9-10-17(19)25-18/h9-10,13,15,20,22,26H,5-8,11-12,14H2,1-4H3. The van der Waals surface area contributed by atoms with E-state index in [-0.39, 0.29) is 33.7 Å². The van der Waals surface area contributed by atoms with Gasteiger partial charge in [0.2, 0.25) is 15.9 Å². The zero-order valence-electron chi connectivity index (χ0n) is 20.6. The normalized spacial score (nSPS) is 25.0. The van der Waals surface area contributed by atoms with Crippen LogP contribution in [0, 0.1) is 17.3 Å². The highest BCUT2D eigenvalue weighted by Crippen LogP contribution is 2.39. The lowest BCUT2D eigenvalue weighted by atomic mass is 9.82. The van der Waals surface area contributed by atoms with Crippen LogP contribution in [0.1, 0.15) is 52.9 Å². The van der Waals surface area contributed by atoms with Gasteiger partial charge in [-0.2, -0.15) is 0 Å². The lowest BCUT2D eigenvalue weighted by Gasteiger charge is -2.34. The maximum Gasteiger partial charge on any atom is 0.239 e. The molecule has 1 saturated heterocycles. The Morgan fingerprint density at radius 2 is 1.80 bits per heavy atom. The zero-order valence-corrected chi connectivity index (χ0v) is 22.2. The molecule has 35 heavy (non-hydrogen) atoms. The number of nitrogens with one attached hydrogen (secondary N) is 1. The van der Waals surface area contributed by atoms with E-state index in [1.165, 1.54) is 31.0 Å². The Balaban J connectivity index is 1.68. The molecule has 9 nitrogen and oxygen atoms in total. The number of nitrogens with zero attached hydrogens (tertiary/aromatic N) is 2. The van der Waals surface area contributed by atoms with Gasteiger partial charge in [-0.05, 0) is 36.0 Å². The summed E-state index contributed by atoms with van der Waals surface area (Å²) in [6, 6.07) is 3.37. The van der Waals surface area contributed by atoms with Gasteiger partial charge in [0, 0.05) is 12.2 Å². The van der Waals surface area contributed by atoms with E-state index in [0.717, 1.165) is 25.5 Å². The zero-order chi connectivity index (χ0) is 25.8. The Kier molecular flexibility index (Phi) is 6.63. The largest absolute Gasteiger partial charge is 0.331 e. The third-order valence-electron chi connectivity index (χ3n) is 7.00. The highest BCUT2D eigenvalue weighted by molar-refractivity contribution is 7.92. The molecule has 2 aliphatic heterocycles. The van der Waals surface area contributed by atoms with E-state index in [1.54, 1.807) is 4.90 Å². The van der Waals surface area contributed by atoms with Gasteiger partial charge in [-0.25, -0.2) is 16.8 Å². The minimum atomic E-state index is -3.94. The van der Waals surface area contributed by atoms with Gasteiger partial charge in [0.15, 0.2) is 15.6 Å². The monoisotopic (exact) mass is 523 g/mol. The average Bonchev–Trinajstić information content (AvgIpc) is 3.30. The van der Waals surface area contributed by atoms with E-state index >= 15 is 0 Å². The predicted molar refractivity (Wildman–Crippen MR) is 134 cm³/mol. The SMILES string of the molecule is CC(C)(C)C1C(=O)C(C2=Nc3ccc(NS(C)(=O)=O)cc3S(=O)(=O)C2)C(=O)N1CCC1CCCC1. The number of amides is 1. The summed E-state index contributed by atoms with van der Waals surface area (Å²) >= 11 is 0. The van der Waals surface area contributed by atoms with E-state index in [9.17, 15) is 26.4 Å². The molecule has 0 spiro atoms. The van der Waals surface area contributed by atoms with Crippen LogP contribution in [-0.4, -0.2) is 63.7 Å². The number of carbonyl (C=O) groups excluding carboxylic acids is 2. The van der Waals surface area contributed by atoms with E-state index in [4.69, 9.17) is 0 Å². The number of hydrogen-bond acceptors (Lipinski definition) is 7. The molecule has 0 bridgehead atoms. The molecule has 0 aromatic heterocycles. The molecule has 4 rings (SSSR count). The summed E-state index contributed by atoms with van der Waals surface area (Å²) in [5, 5.41) is 0. The quantitative estimate of drug-likeness (QED) is 0.571. The van der Waals surface area contributed by atoms with Gasteiger partial charge in [0.1, 0.15) is 5.92 Å². The Hall–Kier alpha value is -2.27. The van der Waals surface area contributed by atoms with Crippen molar-refractivity contribution in [3.05, 3.63) is 18.2 Å². The first-order chi connectivity index (χ1) is 16.2. The first-order valence-corrected chi connectivity index (χ1v) is 15.5. The molecule has 3 aliphatic rings. The van der Waals surface area contributed by atoms with Gasteiger partial charge in [-0.3, -0.25) is 19.3 Å². The second kappa shape index (κ2) is 8.99. The van der Waals surface area contributed by atoms with Gasteiger partial charge in [-0.1, -0.05) is 46.5 Å². The highest BCUT2D eigenvalue weighted by atomic mass is 32.2. The summed E-state index contributed by atoms with van der Waals surface area (Å²) in [5.41, 5.74) is -0.265. The summed E-state index contributed by atoms with van der Waals surface area (Å²) in [7, 11) is -7.53. The van der Waals surface area contributed by atoms with Gasteiger partial charge in [0.25, 0.3) is 0 Å². The third-order valence-corrected chi connectivity index (χ3v) is 9.28. The number of Topliss-reactive ketones (excluding diaryl/α,β-unsaturated/α-hetero) is 1. The van der Waals surface area contributed by atoms with Crippen LogP contribution in [0.5, 0.6) is 0 Å². The predicted octanol–water partition coefficient (Wildman–Crippen LogP) is 2.94. The number of anilines is 1. The molecule has 2 fully saturated rings. The molecular weight excluding hydrogens is 490 g/mol. The molecule has 1 N–H and O–H groups in total. The molecule has 1 aliphatic carbocycles. The summed E-state index contributed by atoms with van der Waals surface area (Å²) < 4.78 is 51.6. The molecule has 2 unspecified atom stereocenters. The minimum Gasteiger partial charge on any atom is -0.331 e. The maximum atomic E-state index is 13.6. The molecule has 1 saturated carbocycles. The van der Waals surface area contributed by atoms with Gasteiger partial charge in [0.05, 0.1) is 34.3 Å². The number of ketones is 1. The Morgan fingerprint density at radius 3 is 2.40 bits per heavy atom. The van der Waals surface area contributed by atoms with Crippen molar-refractivity contribution < 1.29 is 26.4 Å². The molecular formula is C24H33N3O6S2. The fourth-order valence-corrected chi connectivity index (χ4v) is 7.60. The van der Waals surface area contributed by atoms with Crippen molar-refractivity contribution in [2.45, 2.75) is 63.8 Å². The van der Waals surface area contributed by atoms with Crippen LogP contribution in [-0.2, 0) is 29.4 Å². The Bertz CT molecular complexity index is 1290. The van der Waals surface area contributed by atoms with Gasteiger partial charge >= 0.3 is 0 Å². The maximum absolute atomic E-state index is 13.6. The Labute approximate surface area is 207 Å². The van der Waals surface area contributed by atoms with Crippen LogP contribution in [0.25, 0.3) is 0 Å². The molecule has 2 heterocycles. The number of sulfone groups is 1. The molecule has 1 aromatic carbocycles. The number of likely N-dealkylation sites (tertiary alicyclic amines) is 1.